The molecule has 0 spiro atoms. The molecule has 0 bridgehead atoms. The number of hydrogen-bond donors (Lipinski definition) is 2. The topological polar surface area (TPSA) is 56.4 Å². The Morgan fingerprint density at radius 3 is 2.60 bits per heavy atom. The zero-order valence-corrected chi connectivity index (χ0v) is 12.8. The largest absolute Gasteiger partial charge is 0.384 e. The van der Waals surface area contributed by atoms with Gasteiger partial charge >= 0.3 is 0 Å². The first-order chi connectivity index (χ1) is 9.47. The van der Waals surface area contributed by atoms with E-state index in [-0.39, 0.29) is 5.84 Å². The van der Waals surface area contributed by atoms with Crippen LogP contribution in [-0.4, -0.2) is 48.9 Å². The molecule has 4 heteroatoms. The summed E-state index contributed by atoms with van der Waals surface area (Å²) in [7, 11) is 4.41. The number of nitrogens with zero attached hydrogens (tertiary/aromatic N) is 2. The normalized spacial score (nSPS) is 17.6. The smallest absolute Gasteiger partial charge is 0.122 e. The molecule has 4 nitrogen and oxygen atoms in total. The van der Waals surface area contributed by atoms with E-state index in [0.717, 1.165) is 12.1 Å². The molecule has 1 aliphatic heterocycles. The predicted molar refractivity (Wildman–Crippen MR) is 84.2 cm³/mol. The van der Waals surface area contributed by atoms with E-state index >= 15 is 0 Å². The van der Waals surface area contributed by atoms with Crippen LogP contribution in [0.5, 0.6) is 0 Å². The number of aryl methyl sites for hydroxylation is 1. The van der Waals surface area contributed by atoms with Crippen molar-refractivity contribution in [2.24, 2.45) is 5.73 Å². The van der Waals surface area contributed by atoms with Gasteiger partial charge in [-0.2, -0.15) is 0 Å². The quantitative estimate of drug-likeness (QED) is 0.650. The third kappa shape index (κ3) is 3.58. The third-order valence-electron chi connectivity index (χ3n) is 4.38. The molecule has 0 radical (unpaired) electrons. The summed E-state index contributed by atoms with van der Waals surface area (Å²) in [5, 5.41) is 7.49. The fourth-order valence-electron chi connectivity index (χ4n) is 2.87. The van der Waals surface area contributed by atoms with Crippen molar-refractivity contribution in [3.05, 3.63) is 34.9 Å². The molecule has 0 aromatic heterocycles. The molecule has 0 saturated carbocycles. The average molecular weight is 274 g/mol. The van der Waals surface area contributed by atoms with Gasteiger partial charge in [0.25, 0.3) is 0 Å². The van der Waals surface area contributed by atoms with Crippen LogP contribution < -0.4 is 5.73 Å². The van der Waals surface area contributed by atoms with Crippen molar-refractivity contribution in [1.29, 1.82) is 5.41 Å². The second-order valence-corrected chi connectivity index (χ2v) is 6.00. The van der Waals surface area contributed by atoms with Crippen molar-refractivity contribution in [1.82, 2.24) is 9.80 Å². The number of amidine groups is 1. The highest BCUT2D eigenvalue weighted by molar-refractivity contribution is 5.95. The number of nitrogens with one attached hydrogen (secondary N) is 1. The first-order valence-corrected chi connectivity index (χ1v) is 7.30. The summed E-state index contributed by atoms with van der Waals surface area (Å²) < 4.78 is 0. The highest BCUT2D eigenvalue weighted by atomic mass is 15.2. The van der Waals surface area contributed by atoms with E-state index in [1.54, 1.807) is 0 Å². The van der Waals surface area contributed by atoms with Crippen molar-refractivity contribution in [2.45, 2.75) is 32.4 Å². The number of nitrogens with two attached hydrogens (primary N) is 1. The van der Waals surface area contributed by atoms with E-state index < -0.39 is 0 Å². The van der Waals surface area contributed by atoms with Gasteiger partial charge in [-0.25, -0.2) is 0 Å². The van der Waals surface area contributed by atoms with Crippen LogP contribution in [0.25, 0.3) is 0 Å². The van der Waals surface area contributed by atoms with Crippen LogP contribution in [0.4, 0.5) is 0 Å². The van der Waals surface area contributed by atoms with E-state index in [9.17, 15) is 0 Å². The molecular formula is C16H26N4. The number of likely N-dealkylation sites (tertiary alicyclic amines) is 1. The Kier molecular flexibility index (Phi) is 4.78. The lowest BCUT2D eigenvalue weighted by molar-refractivity contribution is 0.139. The maximum atomic E-state index is 7.49. The van der Waals surface area contributed by atoms with Crippen LogP contribution in [0.15, 0.2) is 18.2 Å². The minimum atomic E-state index is 0.142. The molecular weight excluding hydrogens is 248 g/mol. The van der Waals surface area contributed by atoms with Gasteiger partial charge in [-0.05, 0) is 64.1 Å². The van der Waals surface area contributed by atoms with Gasteiger partial charge in [0.2, 0.25) is 0 Å². The van der Waals surface area contributed by atoms with Gasteiger partial charge in [0, 0.05) is 18.2 Å². The van der Waals surface area contributed by atoms with Crippen molar-refractivity contribution >= 4 is 5.84 Å². The molecule has 0 unspecified atom stereocenters. The Balaban J connectivity index is 2.00. The van der Waals surface area contributed by atoms with E-state index in [1.807, 2.05) is 12.1 Å². The second kappa shape index (κ2) is 6.37. The van der Waals surface area contributed by atoms with Crippen LogP contribution in [-0.2, 0) is 6.54 Å². The Morgan fingerprint density at radius 1 is 1.40 bits per heavy atom. The third-order valence-corrected chi connectivity index (χ3v) is 4.38. The van der Waals surface area contributed by atoms with Crippen molar-refractivity contribution in [3.8, 4) is 0 Å². The lowest BCUT2D eigenvalue weighted by Crippen LogP contribution is -2.41. The minimum Gasteiger partial charge on any atom is -0.384 e. The lowest BCUT2D eigenvalue weighted by atomic mass is 10.0. The second-order valence-electron chi connectivity index (χ2n) is 6.00. The molecule has 110 valence electrons. The molecule has 0 aliphatic carbocycles. The zero-order chi connectivity index (χ0) is 14.7. The van der Waals surface area contributed by atoms with Crippen LogP contribution in [0.1, 0.15) is 29.5 Å². The zero-order valence-electron chi connectivity index (χ0n) is 12.8. The van der Waals surface area contributed by atoms with Crippen molar-refractivity contribution in [2.75, 3.05) is 27.2 Å². The minimum absolute atomic E-state index is 0.142. The molecule has 20 heavy (non-hydrogen) atoms. The molecule has 1 aromatic carbocycles. The van der Waals surface area contributed by atoms with Gasteiger partial charge < -0.3 is 10.6 Å². The Hall–Kier alpha value is -1.39. The van der Waals surface area contributed by atoms with Gasteiger partial charge in [0.05, 0.1) is 0 Å². The molecule has 2 rings (SSSR count). The summed E-state index contributed by atoms with van der Waals surface area (Å²) in [5.41, 5.74) is 8.90. The van der Waals surface area contributed by atoms with Crippen LogP contribution in [0.3, 0.4) is 0 Å². The highest BCUT2D eigenvalue weighted by Gasteiger charge is 2.20. The molecule has 0 atom stereocenters. The Labute approximate surface area is 122 Å². The van der Waals surface area contributed by atoms with E-state index in [1.165, 1.54) is 37.1 Å². The fourth-order valence-corrected chi connectivity index (χ4v) is 2.87. The standard InChI is InChI=1S/C16H26N4/c1-12-10-13(16(17)18)4-5-14(12)11-20(3)15-6-8-19(2)9-7-15/h4-5,10,15H,6-9,11H2,1-3H3,(H3,17,18). The summed E-state index contributed by atoms with van der Waals surface area (Å²) in [4.78, 5) is 4.86. The number of hydrogen-bond acceptors (Lipinski definition) is 3. The number of benzene rings is 1. The monoisotopic (exact) mass is 274 g/mol. The van der Waals surface area contributed by atoms with Gasteiger partial charge in [0.1, 0.15) is 5.84 Å². The average Bonchev–Trinajstić information content (AvgIpc) is 2.41. The predicted octanol–water partition coefficient (Wildman–Crippen LogP) is 1.81. The summed E-state index contributed by atoms with van der Waals surface area (Å²) in [6, 6.07) is 6.75. The lowest BCUT2D eigenvalue weighted by Gasteiger charge is -2.35. The van der Waals surface area contributed by atoms with Crippen molar-refractivity contribution in [3.63, 3.8) is 0 Å². The molecule has 1 heterocycles. The van der Waals surface area contributed by atoms with Crippen LogP contribution in [0, 0.1) is 12.3 Å². The number of nitrogen functional groups attached to an aromatic ring is 1. The summed E-state index contributed by atoms with van der Waals surface area (Å²) in [6.45, 7) is 5.46. The molecule has 1 aromatic rings. The van der Waals surface area contributed by atoms with E-state index in [2.05, 4.69) is 36.9 Å². The summed E-state index contributed by atoms with van der Waals surface area (Å²) in [6.07, 6.45) is 2.50. The van der Waals surface area contributed by atoms with Crippen LogP contribution in [0.2, 0.25) is 0 Å². The summed E-state index contributed by atoms with van der Waals surface area (Å²) >= 11 is 0. The highest BCUT2D eigenvalue weighted by Crippen LogP contribution is 2.19. The first-order valence-electron chi connectivity index (χ1n) is 7.30. The molecule has 1 fully saturated rings. The van der Waals surface area contributed by atoms with E-state index in [0.29, 0.717) is 6.04 Å². The van der Waals surface area contributed by atoms with Crippen LogP contribution >= 0.6 is 0 Å². The number of piperidine rings is 1. The number of rotatable bonds is 4. The maximum Gasteiger partial charge on any atom is 0.122 e. The van der Waals surface area contributed by atoms with Gasteiger partial charge in [0.15, 0.2) is 0 Å². The van der Waals surface area contributed by atoms with E-state index in [4.69, 9.17) is 11.1 Å². The Morgan fingerprint density at radius 2 is 2.05 bits per heavy atom. The molecule has 3 N–H and O–H groups in total. The Bertz CT molecular complexity index is 475. The van der Waals surface area contributed by atoms with Gasteiger partial charge in [-0.3, -0.25) is 10.3 Å². The summed E-state index contributed by atoms with van der Waals surface area (Å²) in [5.74, 6) is 0.142. The fraction of sp³-hybridized carbons (Fsp3) is 0.562. The maximum absolute atomic E-state index is 7.49. The molecule has 0 amide bonds. The van der Waals surface area contributed by atoms with Crippen molar-refractivity contribution < 1.29 is 0 Å². The SMILES string of the molecule is Cc1cc(C(=N)N)ccc1CN(C)C1CCN(C)CC1. The van der Waals surface area contributed by atoms with Gasteiger partial charge in [-0.15, -0.1) is 0 Å². The first kappa shape index (κ1) is 15.0. The molecule has 1 aliphatic rings. The van der Waals surface area contributed by atoms with Gasteiger partial charge in [-0.1, -0.05) is 12.1 Å². The molecule has 1 saturated heterocycles.